The maximum Gasteiger partial charge on any atom is 0.273 e. The molecule has 2 rings (SSSR count). The van der Waals surface area contributed by atoms with Crippen molar-refractivity contribution < 1.29 is 9.72 Å². The number of nitrogens with two attached hydrogens (primary N) is 1. The van der Waals surface area contributed by atoms with Gasteiger partial charge in [-0.1, -0.05) is 13.0 Å². The molecule has 6 heteroatoms. The fourth-order valence-corrected chi connectivity index (χ4v) is 2.57. The van der Waals surface area contributed by atoms with Gasteiger partial charge in [-0.3, -0.25) is 14.9 Å². The second-order valence-electron chi connectivity index (χ2n) is 5.39. The Morgan fingerprint density at radius 2 is 2.20 bits per heavy atom. The van der Waals surface area contributed by atoms with Gasteiger partial charge >= 0.3 is 0 Å². The van der Waals surface area contributed by atoms with E-state index in [1.165, 1.54) is 6.07 Å². The van der Waals surface area contributed by atoms with Gasteiger partial charge in [-0.2, -0.15) is 0 Å². The van der Waals surface area contributed by atoms with E-state index >= 15 is 0 Å². The van der Waals surface area contributed by atoms with Crippen molar-refractivity contribution in [2.45, 2.75) is 26.3 Å². The molecule has 1 fully saturated rings. The van der Waals surface area contributed by atoms with E-state index in [0.29, 0.717) is 24.2 Å². The third kappa shape index (κ3) is 2.65. The minimum atomic E-state index is -0.457. The van der Waals surface area contributed by atoms with Gasteiger partial charge < -0.3 is 10.6 Å². The van der Waals surface area contributed by atoms with Gasteiger partial charge in [-0.25, -0.2) is 0 Å². The van der Waals surface area contributed by atoms with Crippen molar-refractivity contribution in [1.29, 1.82) is 0 Å². The SMILES string of the molecule is Cc1c(C(=O)N2CCC(N)C(C)C2)cccc1[N+](=O)[O-]. The Morgan fingerprint density at radius 1 is 1.50 bits per heavy atom. The number of piperidine rings is 1. The molecule has 1 amide bonds. The molecule has 0 radical (unpaired) electrons. The minimum absolute atomic E-state index is 0.0161. The third-order valence-corrected chi connectivity index (χ3v) is 3.99. The molecule has 108 valence electrons. The average Bonchev–Trinajstić information content (AvgIpc) is 2.41. The lowest BCUT2D eigenvalue weighted by molar-refractivity contribution is -0.385. The Bertz CT molecular complexity index is 544. The first-order valence-electron chi connectivity index (χ1n) is 6.70. The lowest BCUT2D eigenvalue weighted by atomic mass is 9.94. The standard InChI is InChI=1S/C14H19N3O3/c1-9-8-16(7-6-12(9)15)14(18)11-4-3-5-13(10(11)2)17(19)20/h3-5,9,12H,6-8,15H2,1-2H3. The van der Waals surface area contributed by atoms with Crippen LogP contribution in [0.5, 0.6) is 0 Å². The van der Waals surface area contributed by atoms with Gasteiger partial charge in [-0.05, 0) is 25.3 Å². The normalized spacial score (nSPS) is 22.6. The summed E-state index contributed by atoms with van der Waals surface area (Å²) < 4.78 is 0. The van der Waals surface area contributed by atoms with Gasteiger partial charge in [0.2, 0.25) is 0 Å². The molecule has 1 aliphatic rings. The number of hydrogen-bond acceptors (Lipinski definition) is 4. The lowest BCUT2D eigenvalue weighted by Gasteiger charge is -2.35. The Morgan fingerprint density at radius 3 is 2.80 bits per heavy atom. The molecule has 20 heavy (non-hydrogen) atoms. The first-order valence-corrected chi connectivity index (χ1v) is 6.70. The van der Waals surface area contributed by atoms with E-state index in [1.807, 2.05) is 6.92 Å². The highest BCUT2D eigenvalue weighted by atomic mass is 16.6. The van der Waals surface area contributed by atoms with Gasteiger partial charge in [0.05, 0.1) is 4.92 Å². The monoisotopic (exact) mass is 277 g/mol. The predicted molar refractivity (Wildman–Crippen MR) is 75.5 cm³/mol. The molecule has 1 heterocycles. The summed E-state index contributed by atoms with van der Waals surface area (Å²) in [5.74, 6) is 0.0941. The Balaban J connectivity index is 2.26. The second kappa shape index (κ2) is 5.58. The number of carbonyl (C=O) groups is 1. The molecular formula is C14H19N3O3. The van der Waals surface area contributed by atoms with Crippen molar-refractivity contribution in [3.63, 3.8) is 0 Å². The van der Waals surface area contributed by atoms with E-state index in [9.17, 15) is 14.9 Å². The molecule has 0 spiro atoms. The van der Waals surface area contributed by atoms with Crippen molar-refractivity contribution in [3.8, 4) is 0 Å². The van der Waals surface area contributed by atoms with Gasteiger partial charge in [0.25, 0.3) is 11.6 Å². The van der Waals surface area contributed by atoms with Crippen LogP contribution in [0.25, 0.3) is 0 Å². The number of likely N-dealkylation sites (tertiary alicyclic amines) is 1. The number of nitro benzene ring substituents is 1. The highest BCUT2D eigenvalue weighted by molar-refractivity contribution is 5.96. The largest absolute Gasteiger partial charge is 0.338 e. The molecule has 1 aliphatic heterocycles. The molecule has 2 N–H and O–H groups in total. The number of hydrogen-bond donors (Lipinski definition) is 1. The Kier molecular flexibility index (Phi) is 4.04. The summed E-state index contributed by atoms with van der Waals surface area (Å²) in [6.45, 7) is 4.84. The molecule has 6 nitrogen and oxygen atoms in total. The zero-order chi connectivity index (χ0) is 14.9. The molecule has 2 atom stereocenters. The summed E-state index contributed by atoms with van der Waals surface area (Å²) in [5, 5.41) is 10.9. The number of amides is 1. The van der Waals surface area contributed by atoms with Crippen LogP contribution >= 0.6 is 0 Å². The van der Waals surface area contributed by atoms with E-state index in [4.69, 9.17) is 5.73 Å². The first kappa shape index (κ1) is 14.5. The van der Waals surface area contributed by atoms with Crippen LogP contribution in [-0.2, 0) is 0 Å². The molecule has 0 aliphatic carbocycles. The Labute approximate surface area is 117 Å². The summed E-state index contributed by atoms with van der Waals surface area (Å²) in [7, 11) is 0. The number of rotatable bonds is 2. The summed E-state index contributed by atoms with van der Waals surface area (Å²) in [6.07, 6.45) is 0.765. The number of carbonyl (C=O) groups excluding carboxylic acids is 1. The molecular weight excluding hydrogens is 258 g/mol. The number of nitrogens with zero attached hydrogens (tertiary/aromatic N) is 2. The Hall–Kier alpha value is -1.95. The molecule has 1 aromatic rings. The van der Waals surface area contributed by atoms with Gasteiger partial charge in [0.1, 0.15) is 0 Å². The highest BCUT2D eigenvalue weighted by Gasteiger charge is 2.28. The van der Waals surface area contributed by atoms with Crippen LogP contribution in [0, 0.1) is 23.0 Å². The quantitative estimate of drug-likeness (QED) is 0.658. The summed E-state index contributed by atoms with van der Waals surface area (Å²) in [6, 6.07) is 4.73. The molecule has 1 saturated heterocycles. The van der Waals surface area contributed by atoms with Crippen molar-refractivity contribution in [1.82, 2.24) is 4.90 Å². The van der Waals surface area contributed by atoms with Gasteiger partial charge in [0, 0.05) is 36.3 Å². The van der Waals surface area contributed by atoms with Crippen LogP contribution in [0.1, 0.15) is 29.3 Å². The van der Waals surface area contributed by atoms with Crippen LogP contribution in [0.2, 0.25) is 0 Å². The lowest BCUT2D eigenvalue weighted by Crippen LogP contribution is -2.48. The van der Waals surface area contributed by atoms with E-state index in [0.717, 1.165) is 6.42 Å². The maximum absolute atomic E-state index is 12.5. The van der Waals surface area contributed by atoms with E-state index < -0.39 is 4.92 Å². The second-order valence-corrected chi connectivity index (χ2v) is 5.39. The third-order valence-electron chi connectivity index (χ3n) is 3.99. The minimum Gasteiger partial charge on any atom is -0.338 e. The van der Waals surface area contributed by atoms with Crippen molar-refractivity contribution >= 4 is 11.6 Å². The zero-order valence-corrected chi connectivity index (χ0v) is 11.7. The van der Waals surface area contributed by atoms with Crippen LogP contribution < -0.4 is 5.73 Å². The zero-order valence-electron chi connectivity index (χ0n) is 11.7. The molecule has 2 unspecified atom stereocenters. The fraction of sp³-hybridized carbons (Fsp3) is 0.500. The number of nitro groups is 1. The molecule has 1 aromatic carbocycles. The van der Waals surface area contributed by atoms with Gasteiger partial charge in [-0.15, -0.1) is 0 Å². The van der Waals surface area contributed by atoms with Crippen molar-refractivity contribution in [3.05, 3.63) is 39.4 Å². The first-order chi connectivity index (χ1) is 9.41. The van der Waals surface area contributed by atoms with E-state index in [1.54, 1.807) is 24.0 Å². The van der Waals surface area contributed by atoms with Crippen molar-refractivity contribution in [2.75, 3.05) is 13.1 Å². The topological polar surface area (TPSA) is 89.5 Å². The van der Waals surface area contributed by atoms with Crippen LogP contribution in [0.3, 0.4) is 0 Å². The number of benzene rings is 1. The molecule has 0 bridgehead atoms. The predicted octanol–water partition coefficient (Wildman–Crippen LogP) is 1.71. The van der Waals surface area contributed by atoms with Crippen LogP contribution in [0.4, 0.5) is 5.69 Å². The molecule has 0 saturated carbocycles. The van der Waals surface area contributed by atoms with Crippen LogP contribution in [-0.4, -0.2) is 34.9 Å². The van der Waals surface area contributed by atoms with E-state index in [-0.39, 0.29) is 23.6 Å². The van der Waals surface area contributed by atoms with Gasteiger partial charge in [0.15, 0.2) is 0 Å². The average molecular weight is 277 g/mol. The summed E-state index contributed by atoms with van der Waals surface area (Å²) >= 11 is 0. The summed E-state index contributed by atoms with van der Waals surface area (Å²) in [5.41, 5.74) is 6.76. The van der Waals surface area contributed by atoms with E-state index in [2.05, 4.69) is 0 Å². The maximum atomic E-state index is 12.5. The smallest absolute Gasteiger partial charge is 0.273 e. The van der Waals surface area contributed by atoms with Crippen LogP contribution in [0.15, 0.2) is 18.2 Å². The molecule has 0 aromatic heterocycles. The fourth-order valence-electron chi connectivity index (χ4n) is 2.57. The highest BCUT2D eigenvalue weighted by Crippen LogP contribution is 2.24. The van der Waals surface area contributed by atoms with Crippen molar-refractivity contribution in [2.24, 2.45) is 11.7 Å². The summed E-state index contributed by atoms with van der Waals surface area (Å²) in [4.78, 5) is 24.7.